The van der Waals surface area contributed by atoms with Crippen molar-refractivity contribution < 1.29 is 0 Å². The molecule has 1 unspecified atom stereocenters. The van der Waals surface area contributed by atoms with Gasteiger partial charge in [-0.3, -0.25) is 4.90 Å². The van der Waals surface area contributed by atoms with Gasteiger partial charge in [-0.15, -0.1) is 0 Å². The van der Waals surface area contributed by atoms with Crippen LogP contribution in [0.1, 0.15) is 60.8 Å². The molecular formula is C16H36N2. The molecule has 0 aliphatic heterocycles. The van der Waals surface area contributed by atoms with Gasteiger partial charge in [0.05, 0.1) is 0 Å². The van der Waals surface area contributed by atoms with Gasteiger partial charge in [0.1, 0.15) is 0 Å². The van der Waals surface area contributed by atoms with Crippen LogP contribution in [-0.2, 0) is 0 Å². The summed E-state index contributed by atoms with van der Waals surface area (Å²) in [6.07, 6.45) is 3.98. The number of nitrogens with one attached hydrogen (secondary N) is 1. The van der Waals surface area contributed by atoms with E-state index in [1.807, 2.05) is 0 Å². The molecule has 0 heterocycles. The summed E-state index contributed by atoms with van der Waals surface area (Å²) in [6, 6.07) is 0.649. The van der Waals surface area contributed by atoms with Crippen molar-refractivity contribution >= 4 is 0 Å². The van der Waals surface area contributed by atoms with Gasteiger partial charge in [-0.2, -0.15) is 0 Å². The molecule has 0 aliphatic carbocycles. The number of rotatable bonds is 11. The predicted molar refractivity (Wildman–Crippen MR) is 83.1 cm³/mol. The first kappa shape index (κ1) is 17.9. The Balaban J connectivity index is 3.92. The Labute approximate surface area is 116 Å². The first-order valence-electron chi connectivity index (χ1n) is 7.92. The van der Waals surface area contributed by atoms with E-state index in [0.29, 0.717) is 6.04 Å². The zero-order valence-corrected chi connectivity index (χ0v) is 13.6. The van der Waals surface area contributed by atoms with Gasteiger partial charge in [-0.1, -0.05) is 47.5 Å². The summed E-state index contributed by atoms with van der Waals surface area (Å²) in [6.45, 7) is 18.6. The standard InChI is InChI=1S/C16H36N2/c1-7-8-9-10-17-11-16(6)18(12-14(2)3)13-15(4)5/h14-17H,7-13H2,1-6H3. The van der Waals surface area contributed by atoms with E-state index in [2.05, 4.69) is 51.8 Å². The molecule has 0 amide bonds. The molecule has 2 nitrogen and oxygen atoms in total. The van der Waals surface area contributed by atoms with Crippen molar-refractivity contribution in [3.05, 3.63) is 0 Å². The van der Waals surface area contributed by atoms with E-state index in [9.17, 15) is 0 Å². The molecule has 0 aromatic carbocycles. The molecular weight excluding hydrogens is 220 g/mol. The number of nitrogens with zero attached hydrogens (tertiary/aromatic N) is 1. The van der Waals surface area contributed by atoms with E-state index in [0.717, 1.165) is 18.4 Å². The highest BCUT2D eigenvalue weighted by Crippen LogP contribution is 2.08. The topological polar surface area (TPSA) is 15.3 Å². The van der Waals surface area contributed by atoms with Crippen molar-refractivity contribution in [3.8, 4) is 0 Å². The summed E-state index contributed by atoms with van der Waals surface area (Å²) in [5.41, 5.74) is 0. The van der Waals surface area contributed by atoms with Crippen LogP contribution in [-0.4, -0.2) is 37.1 Å². The summed E-state index contributed by atoms with van der Waals surface area (Å²) < 4.78 is 0. The molecule has 0 rings (SSSR count). The smallest absolute Gasteiger partial charge is 0.0192 e. The van der Waals surface area contributed by atoms with Crippen LogP contribution in [0.25, 0.3) is 0 Å². The highest BCUT2D eigenvalue weighted by molar-refractivity contribution is 4.72. The third-order valence-electron chi connectivity index (χ3n) is 3.22. The molecule has 1 atom stereocenters. The normalized spacial score (nSPS) is 13.8. The fraction of sp³-hybridized carbons (Fsp3) is 1.00. The van der Waals surface area contributed by atoms with E-state index >= 15 is 0 Å². The minimum atomic E-state index is 0.649. The van der Waals surface area contributed by atoms with Crippen molar-refractivity contribution in [1.82, 2.24) is 10.2 Å². The maximum Gasteiger partial charge on any atom is 0.0192 e. The van der Waals surface area contributed by atoms with E-state index in [1.165, 1.54) is 38.9 Å². The van der Waals surface area contributed by atoms with Crippen LogP contribution >= 0.6 is 0 Å². The lowest BCUT2D eigenvalue weighted by Crippen LogP contribution is -2.44. The molecule has 0 saturated heterocycles. The average molecular weight is 256 g/mol. The molecule has 0 fully saturated rings. The van der Waals surface area contributed by atoms with Crippen LogP contribution in [0.4, 0.5) is 0 Å². The Morgan fingerprint density at radius 3 is 1.89 bits per heavy atom. The molecule has 1 N–H and O–H groups in total. The lowest BCUT2D eigenvalue weighted by atomic mass is 10.1. The third kappa shape index (κ3) is 9.90. The molecule has 0 saturated carbocycles. The van der Waals surface area contributed by atoms with E-state index in [4.69, 9.17) is 0 Å². The Kier molecular flexibility index (Phi) is 10.8. The summed E-state index contributed by atoms with van der Waals surface area (Å²) in [5, 5.41) is 3.61. The van der Waals surface area contributed by atoms with Crippen LogP contribution in [0.15, 0.2) is 0 Å². The lowest BCUT2D eigenvalue weighted by Gasteiger charge is -2.32. The molecule has 110 valence electrons. The van der Waals surface area contributed by atoms with Gasteiger partial charge in [-0.05, 0) is 31.7 Å². The molecule has 0 bridgehead atoms. The van der Waals surface area contributed by atoms with Crippen molar-refractivity contribution in [1.29, 1.82) is 0 Å². The van der Waals surface area contributed by atoms with Crippen LogP contribution in [0, 0.1) is 11.8 Å². The van der Waals surface area contributed by atoms with Crippen molar-refractivity contribution in [2.24, 2.45) is 11.8 Å². The monoisotopic (exact) mass is 256 g/mol. The first-order valence-corrected chi connectivity index (χ1v) is 7.92. The molecule has 0 spiro atoms. The van der Waals surface area contributed by atoms with Crippen molar-refractivity contribution in [3.63, 3.8) is 0 Å². The number of unbranched alkanes of at least 4 members (excludes halogenated alkanes) is 2. The Bertz CT molecular complexity index is 168. The molecule has 0 aliphatic rings. The summed E-state index contributed by atoms with van der Waals surface area (Å²) in [7, 11) is 0. The Morgan fingerprint density at radius 2 is 1.44 bits per heavy atom. The highest BCUT2D eigenvalue weighted by Gasteiger charge is 2.15. The van der Waals surface area contributed by atoms with Crippen LogP contribution in [0.2, 0.25) is 0 Å². The van der Waals surface area contributed by atoms with Gasteiger partial charge in [0.25, 0.3) is 0 Å². The Hall–Kier alpha value is -0.0800. The van der Waals surface area contributed by atoms with Gasteiger partial charge < -0.3 is 5.32 Å². The second-order valence-electron chi connectivity index (χ2n) is 6.50. The highest BCUT2D eigenvalue weighted by atomic mass is 15.2. The maximum atomic E-state index is 3.61. The Morgan fingerprint density at radius 1 is 0.889 bits per heavy atom. The molecule has 18 heavy (non-hydrogen) atoms. The third-order valence-corrected chi connectivity index (χ3v) is 3.22. The van der Waals surface area contributed by atoms with Gasteiger partial charge >= 0.3 is 0 Å². The van der Waals surface area contributed by atoms with Crippen molar-refractivity contribution in [2.75, 3.05) is 26.2 Å². The van der Waals surface area contributed by atoms with Crippen molar-refractivity contribution in [2.45, 2.75) is 66.8 Å². The predicted octanol–water partition coefficient (Wildman–Crippen LogP) is 3.77. The molecule has 2 heteroatoms. The van der Waals surface area contributed by atoms with E-state index in [1.54, 1.807) is 0 Å². The molecule has 0 aromatic heterocycles. The van der Waals surface area contributed by atoms with Crippen LogP contribution in [0.3, 0.4) is 0 Å². The van der Waals surface area contributed by atoms with Gasteiger partial charge in [0.2, 0.25) is 0 Å². The average Bonchev–Trinajstić information content (AvgIpc) is 2.26. The second kappa shape index (κ2) is 10.8. The fourth-order valence-electron chi connectivity index (χ4n) is 2.31. The summed E-state index contributed by atoms with van der Waals surface area (Å²) in [5.74, 6) is 1.51. The number of hydrogen-bond acceptors (Lipinski definition) is 2. The quantitative estimate of drug-likeness (QED) is 0.566. The molecule has 0 aromatic rings. The molecule has 0 radical (unpaired) electrons. The van der Waals surface area contributed by atoms with Gasteiger partial charge in [-0.25, -0.2) is 0 Å². The summed E-state index contributed by atoms with van der Waals surface area (Å²) in [4.78, 5) is 2.64. The van der Waals surface area contributed by atoms with Gasteiger partial charge in [0.15, 0.2) is 0 Å². The maximum absolute atomic E-state index is 3.61. The zero-order chi connectivity index (χ0) is 14.0. The van der Waals surface area contributed by atoms with E-state index in [-0.39, 0.29) is 0 Å². The number of hydrogen-bond donors (Lipinski definition) is 1. The van der Waals surface area contributed by atoms with E-state index < -0.39 is 0 Å². The second-order valence-corrected chi connectivity index (χ2v) is 6.50. The first-order chi connectivity index (χ1) is 8.47. The fourth-order valence-corrected chi connectivity index (χ4v) is 2.31. The van der Waals surface area contributed by atoms with Gasteiger partial charge in [0, 0.05) is 25.7 Å². The SMILES string of the molecule is CCCCCNCC(C)N(CC(C)C)CC(C)C. The minimum Gasteiger partial charge on any atom is -0.315 e. The largest absolute Gasteiger partial charge is 0.315 e. The summed E-state index contributed by atoms with van der Waals surface area (Å²) >= 11 is 0. The van der Waals surface area contributed by atoms with Crippen LogP contribution < -0.4 is 5.32 Å². The lowest BCUT2D eigenvalue weighted by molar-refractivity contribution is 0.163. The zero-order valence-electron chi connectivity index (χ0n) is 13.6. The minimum absolute atomic E-state index is 0.649. The van der Waals surface area contributed by atoms with Crippen LogP contribution in [0.5, 0.6) is 0 Å².